The number of aliphatic hydroxyl groups excluding tert-OH is 2. The number of ether oxygens (including phenoxy) is 2. The molecule has 0 amide bonds. The molecule has 322 valence electrons. The second kappa shape index (κ2) is 39.4. The van der Waals surface area contributed by atoms with E-state index in [1.165, 1.54) is 0 Å². The van der Waals surface area contributed by atoms with Crippen molar-refractivity contribution < 1.29 is 47.8 Å². The van der Waals surface area contributed by atoms with Gasteiger partial charge in [0.1, 0.15) is 6.61 Å². The third-order valence-electron chi connectivity index (χ3n) is 7.85. The molecule has 1 unspecified atom stereocenters. The van der Waals surface area contributed by atoms with Crippen LogP contribution in [-0.4, -0.2) is 71.7 Å². The third kappa shape index (κ3) is 37.9. The molecule has 12 heteroatoms. The monoisotopic (exact) mass is 817 g/mol. The van der Waals surface area contributed by atoms with E-state index >= 15 is 0 Å². The maximum atomic E-state index is 12.6. The van der Waals surface area contributed by atoms with Crippen molar-refractivity contribution in [2.45, 2.75) is 135 Å². The van der Waals surface area contributed by atoms with Crippen LogP contribution in [0.2, 0.25) is 0 Å². The first-order valence-electron chi connectivity index (χ1n) is 20.5. The maximum absolute atomic E-state index is 12.6. The summed E-state index contributed by atoms with van der Waals surface area (Å²) in [7, 11) is -4.48. The number of carbonyl (C=O) groups excluding carboxylic acids is 2. The summed E-state index contributed by atoms with van der Waals surface area (Å²) in [5, 5.41) is 20.7. The van der Waals surface area contributed by atoms with Crippen LogP contribution in [0.25, 0.3) is 0 Å². The number of hydrogen-bond acceptors (Lipinski definition) is 10. The number of unbranched alkanes of at least 4 members (excludes halogenated alkanes) is 1. The molecule has 0 spiro atoms. The fourth-order valence-corrected chi connectivity index (χ4v) is 5.52. The first-order chi connectivity index (χ1) is 27.6. The Bertz CT molecular complexity index is 1330. The summed E-state index contributed by atoms with van der Waals surface area (Å²) in [4.78, 5) is 34.9. The lowest BCUT2D eigenvalue weighted by molar-refractivity contribution is -0.161. The Balaban J connectivity index is 4.56. The van der Waals surface area contributed by atoms with E-state index in [2.05, 4.69) is 92.8 Å². The minimum absolute atomic E-state index is 0.00640. The van der Waals surface area contributed by atoms with Crippen LogP contribution in [0, 0.1) is 0 Å². The molecule has 0 rings (SSSR count). The van der Waals surface area contributed by atoms with Gasteiger partial charge in [-0.3, -0.25) is 18.6 Å². The van der Waals surface area contributed by atoms with Crippen LogP contribution >= 0.6 is 7.82 Å². The van der Waals surface area contributed by atoms with Crippen LogP contribution < -0.4 is 5.73 Å². The predicted molar refractivity (Wildman–Crippen MR) is 231 cm³/mol. The van der Waals surface area contributed by atoms with Gasteiger partial charge in [0.25, 0.3) is 0 Å². The van der Waals surface area contributed by atoms with Crippen molar-refractivity contribution in [3.05, 3.63) is 109 Å². The fourth-order valence-electron chi connectivity index (χ4n) is 4.75. The first kappa shape index (κ1) is 53.6. The highest BCUT2D eigenvalue weighted by molar-refractivity contribution is 7.47. The van der Waals surface area contributed by atoms with Gasteiger partial charge in [0.15, 0.2) is 6.10 Å². The SMILES string of the molecule is CC/C=C\C/C=C\C/C=C\C/C=C\C/C=C\CCCC(=O)OC[C@H](COP(=O)(O)OCCN)OC(=O)CCC[C@@H](O)[C@H](O)C/C=C\C/C=C\C/C=C\C/C=C\CC. The minimum Gasteiger partial charge on any atom is -0.462 e. The molecule has 11 nitrogen and oxygen atoms in total. The second-order valence-corrected chi connectivity index (χ2v) is 14.5. The Hall–Kier alpha value is -3.41. The van der Waals surface area contributed by atoms with Gasteiger partial charge in [0.05, 0.1) is 25.4 Å². The van der Waals surface area contributed by atoms with Crippen molar-refractivity contribution in [2.75, 3.05) is 26.4 Å². The van der Waals surface area contributed by atoms with Gasteiger partial charge in [-0.15, -0.1) is 0 Å². The second-order valence-electron chi connectivity index (χ2n) is 13.0. The molecule has 0 aliphatic carbocycles. The normalized spacial score (nSPS) is 15.5. The van der Waals surface area contributed by atoms with Crippen molar-refractivity contribution in [3.8, 4) is 0 Å². The van der Waals surface area contributed by atoms with Crippen molar-refractivity contribution in [2.24, 2.45) is 5.73 Å². The maximum Gasteiger partial charge on any atom is 0.472 e. The summed E-state index contributed by atoms with van der Waals surface area (Å²) >= 11 is 0. The highest BCUT2D eigenvalue weighted by Crippen LogP contribution is 2.43. The number of hydrogen-bond donors (Lipinski definition) is 4. The predicted octanol–water partition coefficient (Wildman–Crippen LogP) is 9.54. The quantitative estimate of drug-likeness (QED) is 0.0205. The molecule has 0 aliphatic rings. The number of esters is 2. The van der Waals surface area contributed by atoms with Gasteiger partial charge in [-0.1, -0.05) is 123 Å². The summed E-state index contributed by atoms with van der Waals surface area (Å²) in [5.74, 6) is -1.20. The van der Waals surface area contributed by atoms with Crippen molar-refractivity contribution in [3.63, 3.8) is 0 Å². The Kier molecular flexibility index (Phi) is 37.1. The zero-order chi connectivity index (χ0) is 42.1. The third-order valence-corrected chi connectivity index (χ3v) is 8.84. The molecule has 0 radical (unpaired) electrons. The van der Waals surface area contributed by atoms with Crippen molar-refractivity contribution >= 4 is 19.8 Å². The number of phosphoric ester groups is 1. The Morgan fingerprint density at radius 2 is 1.05 bits per heavy atom. The number of phosphoric acid groups is 1. The van der Waals surface area contributed by atoms with Crippen molar-refractivity contribution in [1.29, 1.82) is 0 Å². The Morgan fingerprint density at radius 3 is 1.54 bits per heavy atom. The van der Waals surface area contributed by atoms with Gasteiger partial charge >= 0.3 is 19.8 Å². The summed E-state index contributed by atoms with van der Waals surface area (Å²) in [6, 6.07) is 0. The minimum atomic E-state index is -4.48. The lowest BCUT2D eigenvalue weighted by Crippen LogP contribution is -2.30. The van der Waals surface area contributed by atoms with Crippen LogP contribution in [0.4, 0.5) is 0 Å². The standard InChI is InChI=1S/C45H72NO10P/c1-3-5-7-9-11-13-15-17-18-19-20-21-23-25-27-29-31-35-44(49)53-39-41(40-55-57(51,52)54-38-37-46)56-45(50)36-32-34-43(48)42(47)33-30-28-26-24-22-16-14-12-10-8-6-4-2/h5-8,11-14,17-18,20-22,24-25,27-28,30,41-43,47-48H,3-4,9-10,15-16,19,23,26,29,31-40,46H2,1-2H3,(H,51,52)/b7-5-,8-6-,13-11-,14-12-,18-17-,21-20-,24-22-,27-25-,30-28-/t41-,42-,43-/m1/s1. The van der Waals surface area contributed by atoms with E-state index in [4.69, 9.17) is 24.3 Å². The molecule has 0 aromatic rings. The lowest BCUT2D eigenvalue weighted by atomic mass is 10.0. The van der Waals surface area contributed by atoms with Crippen LogP contribution in [-0.2, 0) is 32.7 Å². The van der Waals surface area contributed by atoms with E-state index in [0.717, 1.165) is 51.4 Å². The molecule has 0 aromatic carbocycles. The van der Waals surface area contributed by atoms with Crippen LogP contribution in [0.1, 0.15) is 117 Å². The molecule has 0 saturated carbocycles. The van der Waals surface area contributed by atoms with E-state index in [9.17, 15) is 29.3 Å². The van der Waals surface area contributed by atoms with E-state index in [1.807, 2.05) is 30.4 Å². The smallest absolute Gasteiger partial charge is 0.462 e. The average molecular weight is 818 g/mol. The first-order valence-corrected chi connectivity index (χ1v) is 22.0. The highest BCUT2D eigenvalue weighted by atomic mass is 31.2. The topological polar surface area (TPSA) is 175 Å². The van der Waals surface area contributed by atoms with Gasteiger partial charge in [-0.05, 0) is 89.9 Å². The highest BCUT2D eigenvalue weighted by Gasteiger charge is 2.26. The number of allylic oxidation sites excluding steroid dienone is 17. The molecular formula is C45H72NO10P. The molecule has 0 aliphatic heterocycles. The molecule has 4 atom stereocenters. The summed E-state index contributed by atoms with van der Waals surface area (Å²) < 4.78 is 32.5. The molecule has 57 heavy (non-hydrogen) atoms. The van der Waals surface area contributed by atoms with E-state index in [0.29, 0.717) is 19.3 Å². The van der Waals surface area contributed by atoms with E-state index < -0.39 is 44.7 Å². The summed E-state index contributed by atoms with van der Waals surface area (Å²) in [5.41, 5.74) is 5.32. The molecule has 0 bridgehead atoms. The van der Waals surface area contributed by atoms with Crippen LogP contribution in [0.15, 0.2) is 109 Å². The largest absolute Gasteiger partial charge is 0.472 e. The zero-order valence-electron chi connectivity index (χ0n) is 34.5. The molecule has 0 heterocycles. The zero-order valence-corrected chi connectivity index (χ0v) is 35.4. The number of nitrogens with two attached hydrogens (primary N) is 1. The summed E-state index contributed by atoms with van der Waals surface area (Å²) in [6.45, 7) is 3.05. The molecule has 0 fully saturated rings. The summed E-state index contributed by atoms with van der Waals surface area (Å²) in [6.07, 6.45) is 44.4. The number of carbonyl (C=O) groups is 2. The number of aliphatic hydroxyl groups is 2. The number of rotatable bonds is 36. The van der Waals surface area contributed by atoms with E-state index in [-0.39, 0.29) is 51.9 Å². The van der Waals surface area contributed by atoms with E-state index in [1.54, 1.807) is 0 Å². The molecular weight excluding hydrogens is 745 g/mol. The van der Waals surface area contributed by atoms with Gasteiger partial charge in [0.2, 0.25) is 0 Å². The molecule has 5 N–H and O–H groups in total. The Labute approximate surface area is 343 Å². The van der Waals surface area contributed by atoms with Crippen LogP contribution in [0.3, 0.4) is 0 Å². The van der Waals surface area contributed by atoms with Gasteiger partial charge < -0.3 is 30.3 Å². The van der Waals surface area contributed by atoms with Gasteiger partial charge in [-0.2, -0.15) is 0 Å². The Morgan fingerprint density at radius 1 is 0.596 bits per heavy atom. The van der Waals surface area contributed by atoms with Crippen LogP contribution in [0.5, 0.6) is 0 Å². The average Bonchev–Trinajstić information content (AvgIpc) is 3.19. The molecule has 0 aromatic heterocycles. The lowest BCUT2D eigenvalue weighted by Gasteiger charge is -2.20. The molecule has 0 saturated heterocycles. The van der Waals surface area contributed by atoms with Crippen molar-refractivity contribution in [1.82, 2.24) is 0 Å². The van der Waals surface area contributed by atoms with Gasteiger partial charge in [0, 0.05) is 19.4 Å². The van der Waals surface area contributed by atoms with Gasteiger partial charge in [-0.25, -0.2) is 4.57 Å². The fraction of sp³-hybridized carbons (Fsp3) is 0.556.